The van der Waals surface area contributed by atoms with Crippen molar-refractivity contribution in [2.75, 3.05) is 7.05 Å². The number of phenols is 1. The Labute approximate surface area is 97.8 Å². The smallest absolute Gasteiger partial charge is 0.253 e. The minimum atomic E-state index is -0.0900. The molecule has 0 aliphatic rings. The van der Waals surface area contributed by atoms with E-state index >= 15 is 0 Å². The summed E-state index contributed by atoms with van der Waals surface area (Å²) in [4.78, 5) is 13.5. The second-order valence-corrected chi connectivity index (χ2v) is 4.53. The Balaban J connectivity index is 2.97. The summed E-state index contributed by atoms with van der Waals surface area (Å²) in [5, 5.41) is 9.45. The minimum absolute atomic E-state index is 0.0815. The van der Waals surface area contributed by atoms with Gasteiger partial charge in [-0.2, -0.15) is 0 Å². The number of carbonyl (C=O) groups excluding carboxylic acids is 1. The molecule has 0 fully saturated rings. The lowest BCUT2D eigenvalue weighted by atomic mass is 10.2. The van der Waals surface area contributed by atoms with E-state index in [0.29, 0.717) is 10.0 Å². The molecule has 1 aromatic carbocycles. The van der Waals surface area contributed by atoms with Crippen LogP contribution >= 0.6 is 15.9 Å². The van der Waals surface area contributed by atoms with Crippen molar-refractivity contribution >= 4 is 21.8 Å². The van der Waals surface area contributed by atoms with Gasteiger partial charge in [0.25, 0.3) is 5.91 Å². The highest BCUT2D eigenvalue weighted by Gasteiger charge is 2.15. The third kappa shape index (κ3) is 2.72. The summed E-state index contributed by atoms with van der Waals surface area (Å²) in [5.74, 6) is -0.00851. The summed E-state index contributed by atoms with van der Waals surface area (Å²) >= 11 is 3.17. The molecule has 1 N–H and O–H groups in total. The maximum Gasteiger partial charge on any atom is 0.253 e. The fourth-order valence-electron chi connectivity index (χ4n) is 1.08. The number of hydrogen-bond donors (Lipinski definition) is 1. The number of phenolic OH excluding ortho intramolecular Hbond substituents is 1. The average Bonchev–Trinajstić information content (AvgIpc) is 2.19. The maximum absolute atomic E-state index is 11.8. The molecule has 0 aliphatic carbocycles. The van der Waals surface area contributed by atoms with E-state index in [2.05, 4.69) is 15.9 Å². The van der Waals surface area contributed by atoms with Crippen molar-refractivity contribution in [2.24, 2.45) is 0 Å². The van der Waals surface area contributed by atoms with Crippen molar-refractivity contribution in [3.8, 4) is 5.75 Å². The highest BCUT2D eigenvalue weighted by molar-refractivity contribution is 9.10. The first-order valence-corrected chi connectivity index (χ1v) is 5.48. The van der Waals surface area contributed by atoms with E-state index in [9.17, 15) is 9.90 Å². The lowest BCUT2D eigenvalue weighted by Crippen LogP contribution is -2.32. The average molecular weight is 272 g/mol. The molecule has 3 nitrogen and oxygen atoms in total. The van der Waals surface area contributed by atoms with E-state index in [1.165, 1.54) is 6.07 Å². The van der Waals surface area contributed by atoms with Crippen molar-refractivity contribution in [2.45, 2.75) is 19.9 Å². The van der Waals surface area contributed by atoms with E-state index in [0.717, 1.165) is 0 Å². The van der Waals surface area contributed by atoms with E-state index in [1.54, 1.807) is 24.1 Å². The zero-order chi connectivity index (χ0) is 11.6. The number of amides is 1. The topological polar surface area (TPSA) is 40.5 Å². The minimum Gasteiger partial charge on any atom is -0.507 e. The van der Waals surface area contributed by atoms with Crippen LogP contribution < -0.4 is 0 Å². The van der Waals surface area contributed by atoms with Crippen LogP contribution in [0.3, 0.4) is 0 Å². The first kappa shape index (κ1) is 12.0. The van der Waals surface area contributed by atoms with Crippen LogP contribution in [0.5, 0.6) is 5.75 Å². The predicted molar refractivity (Wildman–Crippen MR) is 63.0 cm³/mol. The lowest BCUT2D eigenvalue weighted by molar-refractivity contribution is 0.0754. The van der Waals surface area contributed by atoms with Crippen LogP contribution in [0.4, 0.5) is 0 Å². The molecule has 0 radical (unpaired) electrons. The molecule has 0 saturated carbocycles. The van der Waals surface area contributed by atoms with Gasteiger partial charge < -0.3 is 10.0 Å². The standard InChI is InChI=1S/C11H14BrNO2/c1-7(2)13(3)11(15)8-4-5-9(12)10(14)6-8/h4-7,14H,1-3H3. The summed E-state index contributed by atoms with van der Waals surface area (Å²) < 4.78 is 0.589. The Kier molecular flexibility index (Phi) is 3.74. The Morgan fingerprint density at radius 1 is 1.47 bits per heavy atom. The van der Waals surface area contributed by atoms with Crippen molar-refractivity contribution in [3.05, 3.63) is 28.2 Å². The molecule has 15 heavy (non-hydrogen) atoms. The highest BCUT2D eigenvalue weighted by Crippen LogP contribution is 2.24. The summed E-state index contributed by atoms with van der Waals surface area (Å²) in [5.41, 5.74) is 0.493. The monoisotopic (exact) mass is 271 g/mol. The SMILES string of the molecule is CC(C)N(C)C(=O)c1ccc(Br)c(O)c1. The third-order valence-corrected chi connectivity index (χ3v) is 2.96. The Morgan fingerprint density at radius 2 is 2.07 bits per heavy atom. The highest BCUT2D eigenvalue weighted by atomic mass is 79.9. The van der Waals surface area contributed by atoms with Gasteiger partial charge in [-0.15, -0.1) is 0 Å². The largest absolute Gasteiger partial charge is 0.507 e. The molecule has 0 heterocycles. The van der Waals surface area contributed by atoms with Gasteiger partial charge in [0.1, 0.15) is 5.75 Å². The molecule has 0 unspecified atom stereocenters. The van der Waals surface area contributed by atoms with Crippen molar-refractivity contribution in [1.29, 1.82) is 0 Å². The van der Waals surface area contributed by atoms with E-state index in [1.807, 2.05) is 13.8 Å². The number of hydrogen-bond acceptors (Lipinski definition) is 2. The number of benzene rings is 1. The number of rotatable bonds is 2. The van der Waals surface area contributed by atoms with Gasteiger partial charge in [-0.3, -0.25) is 4.79 Å². The number of aromatic hydroxyl groups is 1. The molecule has 0 bridgehead atoms. The first-order chi connectivity index (χ1) is 6.93. The molecule has 1 amide bonds. The van der Waals surface area contributed by atoms with Gasteiger partial charge >= 0.3 is 0 Å². The molecule has 0 aliphatic heterocycles. The van der Waals surface area contributed by atoms with E-state index in [4.69, 9.17) is 0 Å². The van der Waals surface area contributed by atoms with Gasteiger partial charge in [-0.05, 0) is 48.0 Å². The van der Waals surface area contributed by atoms with Crippen LogP contribution in [-0.4, -0.2) is 29.0 Å². The molecule has 1 rings (SSSR count). The first-order valence-electron chi connectivity index (χ1n) is 4.69. The zero-order valence-corrected chi connectivity index (χ0v) is 10.6. The van der Waals surface area contributed by atoms with Gasteiger partial charge in [-0.1, -0.05) is 0 Å². The van der Waals surface area contributed by atoms with E-state index in [-0.39, 0.29) is 17.7 Å². The van der Waals surface area contributed by atoms with Crippen LogP contribution in [0.25, 0.3) is 0 Å². The van der Waals surface area contributed by atoms with Crippen LogP contribution in [0.2, 0.25) is 0 Å². The predicted octanol–water partition coefficient (Wildman–Crippen LogP) is 2.64. The number of carbonyl (C=O) groups is 1. The van der Waals surface area contributed by atoms with Crippen LogP contribution in [0, 0.1) is 0 Å². The van der Waals surface area contributed by atoms with Crippen molar-refractivity contribution in [3.63, 3.8) is 0 Å². The molecular formula is C11H14BrNO2. The molecule has 0 aromatic heterocycles. The second-order valence-electron chi connectivity index (χ2n) is 3.68. The molecule has 4 heteroatoms. The summed E-state index contributed by atoms with van der Waals surface area (Å²) in [6.45, 7) is 3.88. The van der Waals surface area contributed by atoms with E-state index < -0.39 is 0 Å². The maximum atomic E-state index is 11.8. The molecule has 0 spiro atoms. The third-order valence-electron chi connectivity index (χ3n) is 2.29. The fraction of sp³-hybridized carbons (Fsp3) is 0.364. The second kappa shape index (κ2) is 4.66. The number of halogens is 1. The van der Waals surface area contributed by atoms with Gasteiger partial charge in [0.05, 0.1) is 4.47 Å². The van der Waals surface area contributed by atoms with Crippen LogP contribution in [0.1, 0.15) is 24.2 Å². The number of nitrogens with zero attached hydrogens (tertiary/aromatic N) is 1. The van der Waals surface area contributed by atoms with Crippen molar-refractivity contribution < 1.29 is 9.90 Å². The summed E-state index contributed by atoms with van der Waals surface area (Å²) in [7, 11) is 1.74. The van der Waals surface area contributed by atoms with Gasteiger partial charge in [-0.25, -0.2) is 0 Å². The summed E-state index contributed by atoms with van der Waals surface area (Å²) in [6, 6.07) is 4.95. The Hall–Kier alpha value is -1.03. The van der Waals surface area contributed by atoms with Crippen LogP contribution in [0.15, 0.2) is 22.7 Å². The Bertz CT molecular complexity index is 377. The van der Waals surface area contributed by atoms with Crippen LogP contribution in [-0.2, 0) is 0 Å². The Morgan fingerprint density at radius 3 is 2.53 bits per heavy atom. The van der Waals surface area contributed by atoms with Gasteiger partial charge in [0, 0.05) is 18.7 Å². The van der Waals surface area contributed by atoms with Gasteiger partial charge in [0.15, 0.2) is 0 Å². The molecule has 0 saturated heterocycles. The molecule has 0 atom stereocenters. The molecular weight excluding hydrogens is 258 g/mol. The molecule has 1 aromatic rings. The normalized spacial score (nSPS) is 10.5. The summed E-state index contributed by atoms with van der Waals surface area (Å²) in [6.07, 6.45) is 0. The van der Waals surface area contributed by atoms with Crippen molar-refractivity contribution in [1.82, 2.24) is 4.90 Å². The lowest BCUT2D eigenvalue weighted by Gasteiger charge is -2.21. The quantitative estimate of drug-likeness (QED) is 0.899. The van der Waals surface area contributed by atoms with Gasteiger partial charge in [0.2, 0.25) is 0 Å². The molecule has 82 valence electrons. The fourth-order valence-corrected chi connectivity index (χ4v) is 1.33. The zero-order valence-electron chi connectivity index (χ0n) is 8.99.